The Morgan fingerprint density at radius 1 is 1.20 bits per heavy atom. The molecule has 1 aromatic rings. The summed E-state index contributed by atoms with van der Waals surface area (Å²) in [5.41, 5.74) is 1.04. The maximum absolute atomic E-state index is 12.1. The highest BCUT2D eigenvalue weighted by Gasteiger charge is 2.37. The molecule has 0 aliphatic rings. The van der Waals surface area contributed by atoms with Gasteiger partial charge in [0.25, 0.3) is 0 Å². The first-order valence-corrected chi connectivity index (χ1v) is 9.96. The van der Waals surface area contributed by atoms with Gasteiger partial charge < -0.3 is 9.33 Å². The summed E-state index contributed by atoms with van der Waals surface area (Å²) in [5, 5.41) is 0.163. The van der Waals surface area contributed by atoms with E-state index in [4.69, 9.17) is 4.43 Å². The Labute approximate surface area is 124 Å². The Morgan fingerprint density at radius 2 is 1.75 bits per heavy atom. The van der Waals surface area contributed by atoms with Crippen molar-refractivity contribution >= 4 is 14.2 Å². The van der Waals surface area contributed by atoms with Gasteiger partial charge in [0.1, 0.15) is 6.73 Å². The van der Waals surface area contributed by atoms with Gasteiger partial charge in [-0.15, -0.1) is 0 Å². The maximum atomic E-state index is 12.1. The summed E-state index contributed by atoms with van der Waals surface area (Å²) in [5.74, 6) is 0.0925. The molecule has 3 nitrogen and oxygen atoms in total. The van der Waals surface area contributed by atoms with E-state index in [9.17, 15) is 4.79 Å². The molecule has 0 saturated heterocycles. The first-order valence-electron chi connectivity index (χ1n) is 7.05. The zero-order chi connectivity index (χ0) is 15.4. The topological polar surface area (TPSA) is 29.5 Å². The molecular weight excluding hydrogens is 266 g/mol. The van der Waals surface area contributed by atoms with Crippen LogP contribution in [0.5, 0.6) is 0 Å². The van der Waals surface area contributed by atoms with Gasteiger partial charge in [-0.2, -0.15) is 0 Å². The van der Waals surface area contributed by atoms with Crippen LogP contribution in [0, 0.1) is 0 Å². The van der Waals surface area contributed by atoms with Crippen LogP contribution in [-0.2, 0) is 15.6 Å². The Hall–Kier alpha value is -1.13. The average molecular weight is 293 g/mol. The fourth-order valence-corrected chi connectivity index (χ4v) is 2.40. The molecule has 0 unspecified atom stereocenters. The number of rotatable bonds is 5. The van der Waals surface area contributed by atoms with Crippen molar-refractivity contribution in [2.45, 2.75) is 45.3 Å². The zero-order valence-electron chi connectivity index (χ0n) is 13.6. The summed E-state index contributed by atoms with van der Waals surface area (Å²) in [6.45, 7) is 11.4. The normalized spacial score (nSPS) is 12.3. The van der Waals surface area contributed by atoms with Crippen molar-refractivity contribution in [2.24, 2.45) is 0 Å². The highest BCUT2D eigenvalue weighted by Crippen LogP contribution is 2.36. The van der Waals surface area contributed by atoms with Gasteiger partial charge in [-0.3, -0.25) is 4.79 Å². The van der Waals surface area contributed by atoms with Gasteiger partial charge in [-0.1, -0.05) is 51.1 Å². The van der Waals surface area contributed by atoms with Gasteiger partial charge in [0.05, 0.1) is 6.42 Å². The van der Waals surface area contributed by atoms with Crippen molar-refractivity contribution < 1.29 is 9.22 Å². The molecule has 0 aliphatic carbocycles. The van der Waals surface area contributed by atoms with Crippen LogP contribution in [0.25, 0.3) is 0 Å². The SMILES string of the molecule is CN(CO[Si](C)(C)C(C)(C)C)C(=O)Cc1ccccc1. The lowest BCUT2D eigenvalue weighted by atomic mass is 10.1. The summed E-state index contributed by atoms with van der Waals surface area (Å²) >= 11 is 0. The van der Waals surface area contributed by atoms with E-state index in [1.54, 1.807) is 11.9 Å². The van der Waals surface area contributed by atoms with Crippen LogP contribution in [0.4, 0.5) is 0 Å². The molecular formula is C16H27NO2Si. The average Bonchev–Trinajstić information content (AvgIpc) is 2.35. The van der Waals surface area contributed by atoms with Crippen LogP contribution < -0.4 is 0 Å². The second-order valence-electron chi connectivity index (χ2n) is 6.79. The third-order valence-corrected chi connectivity index (χ3v) is 8.51. The second kappa shape index (κ2) is 6.55. The lowest BCUT2D eigenvalue weighted by Gasteiger charge is -2.37. The predicted octanol–water partition coefficient (Wildman–Crippen LogP) is 3.67. The molecule has 1 rings (SSSR count). The molecule has 0 fully saturated rings. The monoisotopic (exact) mass is 293 g/mol. The largest absolute Gasteiger partial charge is 0.399 e. The molecule has 1 aromatic carbocycles. The molecule has 0 N–H and O–H groups in total. The fraction of sp³-hybridized carbons (Fsp3) is 0.562. The third-order valence-electron chi connectivity index (χ3n) is 4.05. The van der Waals surface area contributed by atoms with Crippen LogP contribution in [0.3, 0.4) is 0 Å². The molecule has 0 spiro atoms. The lowest BCUT2D eigenvalue weighted by Crippen LogP contribution is -2.44. The first kappa shape index (κ1) is 16.9. The maximum Gasteiger partial charge on any atom is 0.228 e. The smallest absolute Gasteiger partial charge is 0.228 e. The van der Waals surface area contributed by atoms with Crippen molar-refractivity contribution in [1.29, 1.82) is 0 Å². The van der Waals surface area contributed by atoms with Crippen LogP contribution >= 0.6 is 0 Å². The number of benzene rings is 1. The van der Waals surface area contributed by atoms with Crippen molar-refractivity contribution in [3.05, 3.63) is 35.9 Å². The lowest BCUT2D eigenvalue weighted by molar-refractivity contribution is -0.131. The molecule has 0 bridgehead atoms. The standard InChI is InChI=1S/C16H27NO2Si/c1-16(2,3)20(5,6)19-13-17(4)15(18)12-14-10-8-7-9-11-14/h7-11H,12-13H2,1-6H3. The van der Waals surface area contributed by atoms with Crippen molar-refractivity contribution in [3.63, 3.8) is 0 Å². The van der Waals surface area contributed by atoms with Gasteiger partial charge in [0.15, 0.2) is 8.32 Å². The van der Waals surface area contributed by atoms with E-state index in [1.165, 1.54) is 0 Å². The number of nitrogens with zero attached hydrogens (tertiary/aromatic N) is 1. The van der Waals surface area contributed by atoms with E-state index >= 15 is 0 Å². The van der Waals surface area contributed by atoms with Crippen LogP contribution in [0.2, 0.25) is 18.1 Å². The van der Waals surface area contributed by atoms with Crippen molar-refractivity contribution in [3.8, 4) is 0 Å². The molecule has 0 aromatic heterocycles. The van der Waals surface area contributed by atoms with E-state index in [-0.39, 0.29) is 10.9 Å². The minimum atomic E-state index is -1.80. The van der Waals surface area contributed by atoms with Gasteiger partial charge in [-0.05, 0) is 23.7 Å². The number of likely N-dealkylation sites (N-methyl/N-ethyl adjacent to an activating group) is 1. The van der Waals surface area contributed by atoms with E-state index < -0.39 is 8.32 Å². The van der Waals surface area contributed by atoms with Gasteiger partial charge in [0, 0.05) is 7.05 Å². The third kappa shape index (κ3) is 4.76. The summed E-state index contributed by atoms with van der Waals surface area (Å²) < 4.78 is 6.06. The van der Waals surface area contributed by atoms with E-state index in [2.05, 4.69) is 33.9 Å². The van der Waals surface area contributed by atoms with Crippen molar-refractivity contribution in [1.82, 2.24) is 4.90 Å². The van der Waals surface area contributed by atoms with Crippen LogP contribution in [-0.4, -0.2) is 32.9 Å². The summed E-state index contributed by atoms with van der Waals surface area (Å²) in [7, 11) is 0.00451. The molecule has 0 aliphatic heterocycles. The van der Waals surface area contributed by atoms with E-state index in [0.717, 1.165) is 5.56 Å². The van der Waals surface area contributed by atoms with Crippen LogP contribution in [0.15, 0.2) is 30.3 Å². The molecule has 0 atom stereocenters. The Bertz CT molecular complexity index is 438. The highest BCUT2D eigenvalue weighted by molar-refractivity contribution is 6.74. The summed E-state index contributed by atoms with van der Waals surface area (Å²) in [6, 6.07) is 9.81. The van der Waals surface area contributed by atoms with Crippen LogP contribution in [0.1, 0.15) is 26.3 Å². The Balaban J connectivity index is 2.51. The minimum Gasteiger partial charge on any atom is -0.399 e. The molecule has 4 heteroatoms. The molecule has 0 saturated carbocycles. The van der Waals surface area contributed by atoms with Crippen molar-refractivity contribution in [2.75, 3.05) is 13.8 Å². The molecule has 20 heavy (non-hydrogen) atoms. The molecule has 112 valence electrons. The van der Waals surface area contributed by atoms with E-state index in [0.29, 0.717) is 13.2 Å². The first-order chi connectivity index (χ1) is 9.13. The van der Waals surface area contributed by atoms with Gasteiger partial charge in [0.2, 0.25) is 5.91 Å². The Morgan fingerprint density at radius 3 is 2.25 bits per heavy atom. The number of carbonyl (C=O) groups is 1. The number of hydrogen-bond donors (Lipinski definition) is 0. The Kier molecular flexibility index (Phi) is 5.54. The van der Waals surface area contributed by atoms with E-state index in [1.807, 2.05) is 30.3 Å². The van der Waals surface area contributed by atoms with Gasteiger partial charge >= 0.3 is 0 Å². The highest BCUT2D eigenvalue weighted by atomic mass is 28.4. The number of amides is 1. The summed E-state index contributed by atoms with van der Waals surface area (Å²) in [6.07, 6.45) is 0.429. The molecule has 1 amide bonds. The van der Waals surface area contributed by atoms with Gasteiger partial charge in [-0.25, -0.2) is 0 Å². The summed E-state index contributed by atoms with van der Waals surface area (Å²) in [4.78, 5) is 13.8. The predicted molar refractivity (Wildman–Crippen MR) is 86.1 cm³/mol. The molecule has 0 heterocycles. The minimum absolute atomic E-state index is 0.0925. The molecule has 0 radical (unpaired) electrons. The second-order valence-corrected chi connectivity index (χ2v) is 11.6. The fourth-order valence-electron chi connectivity index (χ4n) is 1.45. The quantitative estimate of drug-likeness (QED) is 0.612. The number of carbonyl (C=O) groups excluding carboxylic acids is 1. The number of hydrogen-bond acceptors (Lipinski definition) is 2. The zero-order valence-corrected chi connectivity index (χ0v) is 14.6.